The van der Waals surface area contributed by atoms with Gasteiger partial charge in [0, 0.05) is 11.3 Å². The Morgan fingerprint density at radius 3 is 2.65 bits per heavy atom. The number of benzene rings is 1. The second-order valence-electron chi connectivity index (χ2n) is 6.63. The maximum absolute atomic E-state index is 12.6. The first-order valence-corrected chi connectivity index (χ1v) is 9.74. The molecular weight excluding hydrogens is 348 g/mol. The monoisotopic (exact) mass is 368 g/mol. The third-order valence-electron chi connectivity index (χ3n) is 4.91. The molecule has 0 bridgehead atoms. The molecule has 1 aliphatic rings. The minimum absolute atomic E-state index is 0.00972. The molecule has 2 aromatic heterocycles. The molecule has 1 fully saturated rings. The van der Waals surface area contributed by atoms with Crippen LogP contribution in [-0.4, -0.2) is 27.7 Å². The number of rotatable bonds is 4. The van der Waals surface area contributed by atoms with Gasteiger partial charge in [0.25, 0.3) is 0 Å². The van der Waals surface area contributed by atoms with Crippen molar-refractivity contribution >= 4 is 28.6 Å². The van der Waals surface area contributed by atoms with Gasteiger partial charge in [-0.05, 0) is 32.6 Å². The normalized spacial score (nSPS) is 15.3. The van der Waals surface area contributed by atoms with E-state index in [4.69, 9.17) is 4.74 Å². The van der Waals surface area contributed by atoms with Crippen LogP contribution in [0.1, 0.15) is 58.0 Å². The number of hydrogen-bond acceptors (Lipinski definition) is 5. The first kappa shape index (κ1) is 17.0. The number of aryl methyl sites for hydroxylation is 1. The minimum Gasteiger partial charge on any atom is -0.458 e. The number of carbonyl (C=O) groups is 2. The largest absolute Gasteiger partial charge is 0.458 e. The van der Waals surface area contributed by atoms with Crippen LogP contribution >= 0.6 is 11.3 Å². The lowest BCUT2D eigenvalue weighted by Crippen LogP contribution is -2.20. The zero-order valence-corrected chi connectivity index (χ0v) is 15.4. The van der Waals surface area contributed by atoms with Gasteiger partial charge < -0.3 is 4.74 Å². The fraction of sp³-hybridized carbons (Fsp3) is 0.350. The molecular formula is C20H20N2O3S. The number of nitrogens with zero attached hydrogens (tertiary/aromatic N) is 2. The highest BCUT2D eigenvalue weighted by Gasteiger charge is 2.25. The first-order valence-electron chi connectivity index (χ1n) is 8.92. The summed E-state index contributed by atoms with van der Waals surface area (Å²) in [5, 5.41) is 0. The van der Waals surface area contributed by atoms with E-state index in [1.54, 1.807) is 4.40 Å². The molecule has 0 radical (unpaired) electrons. The maximum Gasteiger partial charge on any atom is 0.350 e. The molecule has 0 saturated heterocycles. The zero-order valence-electron chi connectivity index (χ0n) is 14.6. The zero-order chi connectivity index (χ0) is 18.1. The topological polar surface area (TPSA) is 60.7 Å². The van der Waals surface area contributed by atoms with Crippen molar-refractivity contribution in [3.8, 4) is 11.3 Å². The van der Waals surface area contributed by atoms with Crippen LogP contribution in [0.25, 0.3) is 16.2 Å². The Balaban J connectivity index is 1.70. The molecule has 2 heterocycles. The van der Waals surface area contributed by atoms with Gasteiger partial charge in [0.1, 0.15) is 22.4 Å². The molecule has 1 aliphatic carbocycles. The Kier molecular flexibility index (Phi) is 4.59. The summed E-state index contributed by atoms with van der Waals surface area (Å²) < 4.78 is 7.45. The van der Waals surface area contributed by atoms with Crippen LogP contribution in [0.5, 0.6) is 0 Å². The Morgan fingerprint density at radius 2 is 1.96 bits per heavy atom. The predicted molar refractivity (Wildman–Crippen MR) is 101 cm³/mol. The van der Waals surface area contributed by atoms with Gasteiger partial charge in [0.05, 0.1) is 0 Å². The van der Waals surface area contributed by atoms with Crippen LogP contribution in [0.15, 0.2) is 30.3 Å². The van der Waals surface area contributed by atoms with Gasteiger partial charge in [-0.1, -0.05) is 48.1 Å². The fourth-order valence-electron chi connectivity index (χ4n) is 3.57. The van der Waals surface area contributed by atoms with Crippen LogP contribution in [-0.2, 0) is 4.74 Å². The van der Waals surface area contributed by atoms with Crippen LogP contribution in [0.3, 0.4) is 0 Å². The highest BCUT2D eigenvalue weighted by Crippen LogP contribution is 2.31. The summed E-state index contributed by atoms with van der Waals surface area (Å²) in [7, 11) is 0. The number of fused-ring (bicyclic) bond motifs is 1. The highest BCUT2D eigenvalue weighted by atomic mass is 32.1. The molecule has 4 rings (SSSR count). The van der Waals surface area contributed by atoms with E-state index in [0.717, 1.165) is 37.5 Å². The number of imidazole rings is 1. The van der Waals surface area contributed by atoms with Gasteiger partial charge in [-0.15, -0.1) is 0 Å². The second-order valence-corrected chi connectivity index (χ2v) is 7.61. The highest BCUT2D eigenvalue weighted by molar-refractivity contribution is 7.19. The van der Waals surface area contributed by atoms with Crippen molar-refractivity contribution in [2.24, 2.45) is 0 Å². The van der Waals surface area contributed by atoms with Gasteiger partial charge in [-0.25, -0.2) is 9.78 Å². The number of thiazole rings is 1. The van der Waals surface area contributed by atoms with Gasteiger partial charge in [-0.3, -0.25) is 9.20 Å². The van der Waals surface area contributed by atoms with Gasteiger partial charge in [0.15, 0.2) is 11.2 Å². The van der Waals surface area contributed by atoms with Crippen LogP contribution in [0.4, 0.5) is 0 Å². The van der Waals surface area contributed by atoms with Crippen molar-refractivity contribution in [2.75, 3.05) is 0 Å². The predicted octanol–water partition coefficient (Wildman–Crippen LogP) is 4.67. The SMILES string of the molecule is Cc1c(C(=O)OC2CCCCC2)sc2nc(-c3ccccc3)c(C=O)n12. The standard InChI is InChI=1S/C20H20N2O3S/c1-13-18(19(24)25-15-10-6-3-7-11-15)26-20-21-17(16(12-23)22(13)20)14-8-4-2-5-9-14/h2,4-5,8-9,12,15H,3,6-7,10-11H2,1H3. The molecule has 0 aliphatic heterocycles. The number of carbonyl (C=O) groups excluding carboxylic acids is 2. The average Bonchev–Trinajstić information content (AvgIpc) is 3.20. The van der Waals surface area contributed by atoms with Crippen molar-refractivity contribution in [1.29, 1.82) is 0 Å². The van der Waals surface area contributed by atoms with E-state index in [0.29, 0.717) is 26.9 Å². The van der Waals surface area contributed by atoms with E-state index in [9.17, 15) is 9.59 Å². The van der Waals surface area contributed by atoms with Crippen LogP contribution in [0, 0.1) is 6.92 Å². The van der Waals surface area contributed by atoms with Gasteiger partial charge in [0.2, 0.25) is 0 Å². The van der Waals surface area contributed by atoms with E-state index in [-0.39, 0.29) is 12.1 Å². The van der Waals surface area contributed by atoms with Crippen molar-refractivity contribution in [3.63, 3.8) is 0 Å². The lowest BCUT2D eigenvalue weighted by Gasteiger charge is -2.21. The summed E-state index contributed by atoms with van der Waals surface area (Å²) in [5.41, 5.74) is 2.71. The lowest BCUT2D eigenvalue weighted by atomic mass is 9.98. The lowest BCUT2D eigenvalue weighted by molar-refractivity contribution is 0.0215. The molecule has 3 aromatic rings. The number of esters is 1. The molecule has 1 aromatic carbocycles. The average molecular weight is 368 g/mol. The summed E-state index contributed by atoms with van der Waals surface area (Å²) in [6, 6.07) is 9.60. The molecule has 0 spiro atoms. The van der Waals surface area contributed by atoms with E-state index in [1.807, 2.05) is 37.3 Å². The summed E-state index contributed by atoms with van der Waals surface area (Å²) in [6.45, 7) is 1.84. The molecule has 1 saturated carbocycles. The summed E-state index contributed by atoms with van der Waals surface area (Å²) in [4.78, 5) is 30.1. The number of ether oxygens (including phenoxy) is 1. The number of aromatic nitrogens is 2. The third-order valence-corrected chi connectivity index (χ3v) is 6.03. The third kappa shape index (κ3) is 2.94. The van der Waals surface area contributed by atoms with Gasteiger partial charge >= 0.3 is 5.97 Å². The maximum atomic E-state index is 12.6. The molecule has 0 N–H and O–H groups in total. The molecule has 0 amide bonds. The van der Waals surface area contributed by atoms with Crippen molar-refractivity contribution in [2.45, 2.75) is 45.1 Å². The van der Waals surface area contributed by atoms with Crippen molar-refractivity contribution < 1.29 is 14.3 Å². The Morgan fingerprint density at radius 1 is 1.23 bits per heavy atom. The van der Waals surface area contributed by atoms with E-state index < -0.39 is 0 Å². The van der Waals surface area contributed by atoms with Gasteiger partial charge in [-0.2, -0.15) is 0 Å². The molecule has 0 atom stereocenters. The number of aldehydes is 1. The van der Waals surface area contributed by atoms with Crippen molar-refractivity contribution in [1.82, 2.24) is 9.38 Å². The first-order chi connectivity index (χ1) is 12.7. The Hall–Kier alpha value is -2.47. The summed E-state index contributed by atoms with van der Waals surface area (Å²) in [5.74, 6) is -0.303. The Labute approximate surface area is 155 Å². The fourth-order valence-corrected chi connectivity index (χ4v) is 4.58. The minimum atomic E-state index is -0.303. The van der Waals surface area contributed by atoms with Crippen LogP contribution in [0.2, 0.25) is 0 Å². The summed E-state index contributed by atoms with van der Waals surface area (Å²) >= 11 is 1.28. The molecule has 26 heavy (non-hydrogen) atoms. The van der Waals surface area contributed by atoms with E-state index in [2.05, 4.69) is 4.98 Å². The molecule has 0 unspecified atom stereocenters. The van der Waals surface area contributed by atoms with E-state index >= 15 is 0 Å². The molecule has 5 nitrogen and oxygen atoms in total. The smallest absolute Gasteiger partial charge is 0.350 e. The molecule has 134 valence electrons. The number of hydrogen-bond donors (Lipinski definition) is 0. The van der Waals surface area contributed by atoms with E-state index in [1.165, 1.54) is 17.8 Å². The Bertz CT molecular complexity index is 953. The summed E-state index contributed by atoms with van der Waals surface area (Å²) in [6.07, 6.45) is 6.12. The second kappa shape index (κ2) is 7.03. The van der Waals surface area contributed by atoms with Crippen LogP contribution < -0.4 is 0 Å². The quantitative estimate of drug-likeness (QED) is 0.496. The molecule has 6 heteroatoms. The van der Waals surface area contributed by atoms with Crippen molar-refractivity contribution in [3.05, 3.63) is 46.6 Å².